The van der Waals surface area contributed by atoms with Gasteiger partial charge in [-0.3, -0.25) is 0 Å². The van der Waals surface area contributed by atoms with Crippen LogP contribution >= 0.6 is 0 Å². The normalized spacial score (nSPS) is 11.2. The number of nitrogens with zero attached hydrogens (tertiary/aromatic N) is 1. The molecular formula is C12H14N4O. The summed E-state index contributed by atoms with van der Waals surface area (Å²) in [5.74, 6) is 0. The van der Waals surface area contributed by atoms with Crippen LogP contribution in [0.4, 0.5) is 4.79 Å². The van der Waals surface area contributed by atoms with Gasteiger partial charge in [0.2, 0.25) is 0 Å². The summed E-state index contributed by atoms with van der Waals surface area (Å²) in [7, 11) is 0. The summed E-state index contributed by atoms with van der Waals surface area (Å²) in [6.07, 6.45) is 1.57. The van der Waals surface area contributed by atoms with Gasteiger partial charge in [-0.25, -0.2) is 10.2 Å². The quantitative estimate of drug-likeness (QED) is 0.533. The number of rotatable bonds is 2. The van der Waals surface area contributed by atoms with E-state index in [0.29, 0.717) is 0 Å². The summed E-state index contributed by atoms with van der Waals surface area (Å²) in [6.45, 7) is 4.09. The highest BCUT2D eigenvalue weighted by Crippen LogP contribution is 2.23. The van der Waals surface area contributed by atoms with Crippen LogP contribution in [0.15, 0.2) is 23.3 Å². The molecule has 0 unspecified atom stereocenters. The van der Waals surface area contributed by atoms with E-state index < -0.39 is 6.03 Å². The number of aromatic amines is 1. The molecular weight excluding hydrogens is 216 g/mol. The average Bonchev–Trinajstić information content (AvgIpc) is 2.56. The molecule has 1 heterocycles. The van der Waals surface area contributed by atoms with Crippen LogP contribution in [0.5, 0.6) is 0 Å². The molecule has 0 aliphatic carbocycles. The maximum atomic E-state index is 10.5. The molecule has 0 fully saturated rings. The van der Waals surface area contributed by atoms with Crippen molar-refractivity contribution < 1.29 is 4.79 Å². The lowest BCUT2D eigenvalue weighted by atomic mass is 10.1. The molecule has 0 spiro atoms. The summed E-state index contributed by atoms with van der Waals surface area (Å²) >= 11 is 0. The first-order chi connectivity index (χ1) is 8.09. The molecule has 4 N–H and O–H groups in total. The third-order valence-electron chi connectivity index (χ3n) is 2.75. The van der Waals surface area contributed by atoms with Crippen molar-refractivity contribution in [1.29, 1.82) is 0 Å². The van der Waals surface area contributed by atoms with Crippen LogP contribution in [0, 0.1) is 13.8 Å². The number of hydrogen-bond acceptors (Lipinski definition) is 2. The van der Waals surface area contributed by atoms with Crippen LogP contribution in [0.1, 0.15) is 16.8 Å². The van der Waals surface area contributed by atoms with Gasteiger partial charge in [-0.15, -0.1) is 0 Å². The van der Waals surface area contributed by atoms with Crippen LogP contribution in [-0.2, 0) is 0 Å². The zero-order chi connectivity index (χ0) is 12.4. The van der Waals surface area contributed by atoms with Crippen molar-refractivity contribution in [3.8, 4) is 0 Å². The Hall–Kier alpha value is -2.30. The number of aromatic nitrogens is 1. The van der Waals surface area contributed by atoms with Crippen LogP contribution in [0.25, 0.3) is 10.9 Å². The first kappa shape index (κ1) is 11.2. The summed E-state index contributed by atoms with van der Waals surface area (Å²) in [5, 5.41) is 4.92. The molecule has 2 rings (SSSR count). The lowest BCUT2D eigenvalue weighted by molar-refractivity contribution is 0.249. The third-order valence-corrected chi connectivity index (χ3v) is 2.75. The second-order valence-electron chi connectivity index (χ2n) is 3.88. The van der Waals surface area contributed by atoms with Gasteiger partial charge in [0.15, 0.2) is 0 Å². The van der Waals surface area contributed by atoms with Crippen LogP contribution < -0.4 is 11.2 Å². The fourth-order valence-corrected chi connectivity index (χ4v) is 1.78. The Morgan fingerprint density at radius 3 is 2.94 bits per heavy atom. The predicted molar refractivity (Wildman–Crippen MR) is 68.1 cm³/mol. The molecule has 88 valence electrons. The highest BCUT2D eigenvalue weighted by Gasteiger charge is 2.06. The fourth-order valence-electron chi connectivity index (χ4n) is 1.78. The Bertz CT molecular complexity index is 598. The number of hydrogen-bond donors (Lipinski definition) is 3. The van der Waals surface area contributed by atoms with E-state index in [-0.39, 0.29) is 0 Å². The zero-order valence-corrected chi connectivity index (χ0v) is 9.74. The van der Waals surface area contributed by atoms with Crippen LogP contribution in [-0.4, -0.2) is 17.2 Å². The van der Waals surface area contributed by atoms with Gasteiger partial charge in [0, 0.05) is 16.6 Å². The molecule has 17 heavy (non-hydrogen) atoms. The largest absolute Gasteiger partial charge is 0.358 e. The Labute approximate surface area is 98.7 Å². The maximum Gasteiger partial charge on any atom is 0.332 e. The highest BCUT2D eigenvalue weighted by atomic mass is 16.2. The van der Waals surface area contributed by atoms with Gasteiger partial charge in [0.25, 0.3) is 0 Å². The second kappa shape index (κ2) is 4.29. The summed E-state index contributed by atoms with van der Waals surface area (Å²) in [5.41, 5.74) is 11.4. The molecule has 2 amide bonds. The number of nitrogens with one attached hydrogen (secondary N) is 2. The Morgan fingerprint density at radius 1 is 1.47 bits per heavy atom. The molecule has 1 aromatic heterocycles. The minimum atomic E-state index is -0.674. The molecule has 0 saturated heterocycles. The number of para-hydroxylation sites is 1. The van der Waals surface area contributed by atoms with E-state index >= 15 is 0 Å². The molecule has 0 aliphatic rings. The van der Waals surface area contributed by atoms with Crippen molar-refractivity contribution in [3.63, 3.8) is 0 Å². The zero-order valence-electron chi connectivity index (χ0n) is 9.74. The lowest BCUT2D eigenvalue weighted by Gasteiger charge is -1.97. The van der Waals surface area contributed by atoms with Crippen LogP contribution in [0.3, 0.4) is 0 Å². The second-order valence-corrected chi connectivity index (χ2v) is 3.88. The maximum absolute atomic E-state index is 10.5. The summed E-state index contributed by atoms with van der Waals surface area (Å²) in [4.78, 5) is 13.8. The van der Waals surface area contributed by atoms with Crippen molar-refractivity contribution in [3.05, 3.63) is 35.0 Å². The number of urea groups is 1. The number of amides is 2. The molecule has 0 atom stereocenters. The monoisotopic (exact) mass is 230 g/mol. The van der Waals surface area contributed by atoms with E-state index in [1.54, 1.807) is 6.21 Å². The van der Waals surface area contributed by atoms with Gasteiger partial charge in [-0.2, -0.15) is 5.10 Å². The molecule has 0 aliphatic heterocycles. The predicted octanol–water partition coefficient (Wildman–Crippen LogP) is 1.79. The van der Waals surface area contributed by atoms with E-state index in [1.807, 2.05) is 25.1 Å². The number of primary amides is 1. The van der Waals surface area contributed by atoms with Gasteiger partial charge in [-0.05, 0) is 19.4 Å². The average molecular weight is 230 g/mol. The lowest BCUT2D eigenvalue weighted by Crippen LogP contribution is -2.24. The van der Waals surface area contributed by atoms with Crippen LogP contribution in [0.2, 0.25) is 0 Å². The molecule has 0 bridgehead atoms. The van der Waals surface area contributed by atoms with Crippen molar-refractivity contribution in [2.75, 3.05) is 0 Å². The van der Waals surface area contributed by atoms with E-state index in [4.69, 9.17) is 5.73 Å². The molecule has 1 aromatic carbocycles. The van der Waals surface area contributed by atoms with Crippen molar-refractivity contribution in [2.45, 2.75) is 13.8 Å². The number of aryl methyl sites for hydroxylation is 2. The number of nitrogens with two attached hydrogens (primary N) is 1. The fraction of sp³-hybridized carbons (Fsp3) is 0.167. The van der Waals surface area contributed by atoms with Gasteiger partial charge in [-0.1, -0.05) is 18.2 Å². The molecule has 2 aromatic rings. The standard InChI is InChI=1S/C12H14N4O/c1-7-8(2)15-11-9(4-3-5-10(7)11)6-14-16-12(13)17/h3-6,15H,1-2H3,(H3,13,16,17). The Morgan fingerprint density at radius 2 is 2.24 bits per heavy atom. The number of hydrazone groups is 1. The van der Waals surface area contributed by atoms with Crippen molar-refractivity contribution in [1.82, 2.24) is 10.4 Å². The van der Waals surface area contributed by atoms with Gasteiger partial charge >= 0.3 is 6.03 Å². The number of benzene rings is 1. The minimum Gasteiger partial charge on any atom is -0.358 e. The Kier molecular flexibility index (Phi) is 2.82. The number of fused-ring (bicyclic) bond motifs is 1. The molecule has 5 nitrogen and oxygen atoms in total. The first-order valence-corrected chi connectivity index (χ1v) is 5.26. The summed E-state index contributed by atoms with van der Waals surface area (Å²) < 4.78 is 0. The van der Waals surface area contributed by atoms with Gasteiger partial charge in [0.05, 0.1) is 11.7 Å². The van der Waals surface area contributed by atoms with Crippen molar-refractivity contribution >= 4 is 23.1 Å². The van der Waals surface area contributed by atoms with Gasteiger partial charge in [0.1, 0.15) is 0 Å². The molecule has 0 radical (unpaired) electrons. The number of H-pyrrole nitrogens is 1. The third kappa shape index (κ3) is 2.13. The number of carbonyl (C=O) groups is 1. The van der Waals surface area contributed by atoms with E-state index in [0.717, 1.165) is 22.2 Å². The molecule has 0 saturated carbocycles. The smallest absolute Gasteiger partial charge is 0.332 e. The minimum absolute atomic E-state index is 0.674. The van der Waals surface area contributed by atoms with E-state index in [1.165, 1.54) is 5.56 Å². The number of carbonyl (C=O) groups excluding carboxylic acids is 1. The first-order valence-electron chi connectivity index (χ1n) is 5.26. The van der Waals surface area contributed by atoms with E-state index in [2.05, 4.69) is 22.4 Å². The topological polar surface area (TPSA) is 83.3 Å². The highest BCUT2D eigenvalue weighted by molar-refractivity contribution is 5.99. The van der Waals surface area contributed by atoms with E-state index in [9.17, 15) is 4.79 Å². The Balaban J connectivity index is 2.44. The SMILES string of the molecule is Cc1[nH]c2c(C=NNC(N)=O)cccc2c1C. The molecule has 5 heteroatoms. The van der Waals surface area contributed by atoms with Crippen molar-refractivity contribution in [2.24, 2.45) is 10.8 Å². The summed E-state index contributed by atoms with van der Waals surface area (Å²) in [6, 6.07) is 5.25. The van der Waals surface area contributed by atoms with Gasteiger partial charge < -0.3 is 10.7 Å².